The third kappa shape index (κ3) is 5.35. The molecule has 1 aliphatic rings. The second-order valence-electron chi connectivity index (χ2n) is 6.61. The van der Waals surface area contributed by atoms with Gasteiger partial charge in [-0.15, -0.1) is 0 Å². The number of nitriles is 3. The maximum absolute atomic E-state index is 11.7. The van der Waals surface area contributed by atoms with Crippen molar-refractivity contribution in [2.45, 2.75) is 32.3 Å². The fraction of sp³-hybridized carbons (Fsp3) is 0.273. The Kier molecular flexibility index (Phi) is 7.37. The maximum atomic E-state index is 11.7. The summed E-state index contributed by atoms with van der Waals surface area (Å²) in [5.74, 6) is 0.181. The average Bonchev–Trinajstić information content (AvgIpc) is 2.96. The lowest BCUT2D eigenvalue weighted by Crippen LogP contribution is -2.20. The lowest BCUT2D eigenvalue weighted by molar-refractivity contribution is -0.134. The lowest BCUT2D eigenvalue weighted by atomic mass is 9.94. The first-order chi connectivity index (χ1) is 13.9. The van der Waals surface area contributed by atoms with Crippen molar-refractivity contribution in [1.82, 2.24) is 0 Å². The predicted octanol–water partition coefficient (Wildman–Crippen LogP) is 4.71. The molecule has 0 atom stereocenters. The van der Waals surface area contributed by atoms with Crippen molar-refractivity contribution in [3.05, 3.63) is 58.4 Å². The quantitative estimate of drug-likeness (QED) is 0.268. The van der Waals surface area contributed by atoms with Gasteiger partial charge < -0.3 is 9.47 Å². The van der Waals surface area contributed by atoms with Crippen LogP contribution in [0.2, 0.25) is 0 Å². The molecule has 1 aliphatic heterocycles. The van der Waals surface area contributed by atoms with E-state index >= 15 is 0 Å². The van der Waals surface area contributed by atoms with E-state index in [1.54, 1.807) is 62.4 Å². The number of carbonyl (C=O) groups is 1. The zero-order chi connectivity index (χ0) is 21.4. The molecule has 0 fully saturated rings. The summed E-state index contributed by atoms with van der Waals surface area (Å²) in [6.07, 6.45) is 4.57. The molecule has 2 rings (SSSR count). The number of benzene rings is 1. The molecule has 0 amide bonds. The Hall–Kier alpha value is -3.34. The molecule has 1 heterocycles. The smallest absolute Gasteiger partial charge is 0.311 e. The molecule has 0 bridgehead atoms. The SMILES string of the molecule is CC1(C)OC(=C(C#N)C#N)C(C#N)=C1/C=C/c1ccc(OC(=O)CCCBr)cc1. The monoisotopic (exact) mass is 451 g/mol. The van der Waals surface area contributed by atoms with Crippen LogP contribution in [0, 0.1) is 34.0 Å². The maximum Gasteiger partial charge on any atom is 0.311 e. The lowest BCUT2D eigenvalue weighted by Gasteiger charge is -2.20. The summed E-state index contributed by atoms with van der Waals surface area (Å²) >= 11 is 3.27. The van der Waals surface area contributed by atoms with Gasteiger partial charge in [0.1, 0.15) is 35.1 Å². The van der Waals surface area contributed by atoms with E-state index in [1.165, 1.54) is 0 Å². The van der Waals surface area contributed by atoms with Gasteiger partial charge in [0.15, 0.2) is 11.3 Å². The zero-order valence-electron chi connectivity index (χ0n) is 16.0. The van der Waals surface area contributed by atoms with Gasteiger partial charge in [-0.3, -0.25) is 4.79 Å². The molecule has 0 saturated carbocycles. The Morgan fingerprint density at radius 2 is 1.83 bits per heavy atom. The summed E-state index contributed by atoms with van der Waals surface area (Å²) < 4.78 is 11.0. The number of nitrogens with zero attached hydrogens (tertiary/aromatic N) is 3. The van der Waals surface area contributed by atoms with Crippen LogP contribution >= 0.6 is 15.9 Å². The van der Waals surface area contributed by atoms with Crippen LogP contribution in [0.15, 0.2) is 52.8 Å². The van der Waals surface area contributed by atoms with E-state index in [0.717, 1.165) is 10.9 Å². The van der Waals surface area contributed by atoms with Crippen molar-refractivity contribution in [2.24, 2.45) is 0 Å². The van der Waals surface area contributed by atoms with Crippen LogP contribution < -0.4 is 4.74 Å². The van der Waals surface area contributed by atoms with Crippen molar-refractivity contribution in [2.75, 3.05) is 5.33 Å². The van der Waals surface area contributed by atoms with Gasteiger partial charge >= 0.3 is 5.97 Å². The standard InChI is InChI=1S/C22H18BrN3O3/c1-22(2)19(18(14-26)21(29-22)16(12-24)13-25)10-7-15-5-8-17(9-6-15)28-20(27)4-3-11-23/h5-10H,3-4,11H2,1-2H3/b10-7+. The molecule has 0 saturated heterocycles. The summed E-state index contributed by atoms with van der Waals surface area (Å²) in [7, 11) is 0. The van der Waals surface area contributed by atoms with E-state index in [1.807, 2.05) is 6.07 Å². The largest absolute Gasteiger partial charge is 0.480 e. The number of carbonyl (C=O) groups excluding carboxylic acids is 1. The van der Waals surface area contributed by atoms with E-state index in [9.17, 15) is 10.1 Å². The Balaban J connectivity index is 2.26. The van der Waals surface area contributed by atoms with Crippen molar-refractivity contribution in [1.29, 1.82) is 15.8 Å². The van der Waals surface area contributed by atoms with E-state index in [4.69, 9.17) is 20.0 Å². The summed E-state index contributed by atoms with van der Waals surface area (Å²) in [6.45, 7) is 3.53. The average molecular weight is 452 g/mol. The number of rotatable bonds is 6. The highest BCUT2D eigenvalue weighted by Gasteiger charge is 2.38. The normalized spacial score (nSPS) is 14.7. The van der Waals surface area contributed by atoms with Gasteiger partial charge in [-0.1, -0.05) is 40.2 Å². The molecule has 1 aromatic carbocycles. The van der Waals surface area contributed by atoms with Crippen LogP contribution in [-0.4, -0.2) is 16.9 Å². The summed E-state index contributed by atoms with van der Waals surface area (Å²) in [5.41, 5.74) is 0.471. The van der Waals surface area contributed by atoms with Crippen molar-refractivity contribution in [3.8, 4) is 24.0 Å². The highest BCUT2D eigenvalue weighted by molar-refractivity contribution is 9.09. The molecule has 0 unspecified atom stereocenters. The number of esters is 1. The second-order valence-corrected chi connectivity index (χ2v) is 7.40. The summed E-state index contributed by atoms with van der Waals surface area (Å²) in [5, 5.41) is 28.5. The number of ether oxygens (including phenoxy) is 2. The molecule has 7 heteroatoms. The van der Waals surface area contributed by atoms with Crippen LogP contribution in [0.5, 0.6) is 5.75 Å². The van der Waals surface area contributed by atoms with Crippen molar-refractivity contribution < 1.29 is 14.3 Å². The number of allylic oxidation sites excluding steroid dienone is 2. The Morgan fingerprint density at radius 1 is 1.17 bits per heavy atom. The van der Waals surface area contributed by atoms with Gasteiger partial charge in [-0.05, 0) is 38.0 Å². The number of hydrogen-bond acceptors (Lipinski definition) is 6. The molecule has 0 spiro atoms. The van der Waals surface area contributed by atoms with Gasteiger partial charge in [-0.2, -0.15) is 15.8 Å². The van der Waals surface area contributed by atoms with Gasteiger partial charge in [0.2, 0.25) is 0 Å². The minimum absolute atomic E-state index is 0.00731. The van der Waals surface area contributed by atoms with Crippen LogP contribution in [0.1, 0.15) is 32.3 Å². The minimum atomic E-state index is -0.860. The number of halogens is 1. The van der Waals surface area contributed by atoms with Crippen LogP contribution in [-0.2, 0) is 9.53 Å². The first-order valence-corrected chi connectivity index (χ1v) is 9.92. The van der Waals surface area contributed by atoms with Gasteiger partial charge in [0, 0.05) is 17.3 Å². The van der Waals surface area contributed by atoms with E-state index in [0.29, 0.717) is 24.2 Å². The minimum Gasteiger partial charge on any atom is -0.480 e. The van der Waals surface area contributed by atoms with E-state index in [2.05, 4.69) is 15.9 Å². The zero-order valence-corrected chi connectivity index (χ0v) is 17.6. The van der Waals surface area contributed by atoms with E-state index in [-0.39, 0.29) is 22.9 Å². The molecule has 29 heavy (non-hydrogen) atoms. The fourth-order valence-electron chi connectivity index (χ4n) is 2.70. The number of alkyl halides is 1. The molecule has 146 valence electrons. The number of hydrogen-bond donors (Lipinski definition) is 0. The van der Waals surface area contributed by atoms with Gasteiger partial charge in [-0.25, -0.2) is 0 Å². The Labute approximate surface area is 178 Å². The molecule has 1 aromatic rings. The molecule has 0 N–H and O–H groups in total. The summed E-state index contributed by atoms with van der Waals surface area (Å²) in [4.78, 5) is 11.7. The summed E-state index contributed by atoms with van der Waals surface area (Å²) in [6, 6.07) is 12.5. The Morgan fingerprint density at radius 3 is 2.38 bits per heavy atom. The third-order valence-electron chi connectivity index (χ3n) is 4.13. The second kappa shape index (κ2) is 9.73. The molecule has 0 radical (unpaired) electrons. The molecule has 6 nitrogen and oxygen atoms in total. The van der Waals surface area contributed by atoms with Crippen LogP contribution in [0.25, 0.3) is 6.08 Å². The van der Waals surface area contributed by atoms with Crippen molar-refractivity contribution >= 4 is 28.0 Å². The van der Waals surface area contributed by atoms with Crippen LogP contribution in [0.4, 0.5) is 0 Å². The fourth-order valence-corrected chi connectivity index (χ4v) is 2.98. The predicted molar refractivity (Wildman–Crippen MR) is 110 cm³/mol. The third-order valence-corrected chi connectivity index (χ3v) is 4.69. The first-order valence-electron chi connectivity index (χ1n) is 8.79. The van der Waals surface area contributed by atoms with E-state index < -0.39 is 5.60 Å². The highest BCUT2D eigenvalue weighted by atomic mass is 79.9. The van der Waals surface area contributed by atoms with Gasteiger partial charge in [0.05, 0.1) is 0 Å². The van der Waals surface area contributed by atoms with Gasteiger partial charge in [0.25, 0.3) is 0 Å². The highest BCUT2D eigenvalue weighted by Crippen LogP contribution is 2.40. The first kappa shape index (κ1) is 22.0. The molecular formula is C22H18BrN3O3. The topological polar surface area (TPSA) is 107 Å². The molecular weight excluding hydrogens is 434 g/mol. The molecule has 0 aliphatic carbocycles. The van der Waals surface area contributed by atoms with Crippen LogP contribution in [0.3, 0.4) is 0 Å². The molecule has 0 aromatic heterocycles. The van der Waals surface area contributed by atoms with Crippen molar-refractivity contribution in [3.63, 3.8) is 0 Å². The Bertz CT molecular complexity index is 997.